The Hall–Kier alpha value is -3.81. The first kappa shape index (κ1) is 20.9. The minimum absolute atomic E-state index is 0.103. The van der Waals surface area contributed by atoms with Gasteiger partial charge in [-0.3, -0.25) is 19.9 Å². The summed E-state index contributed by atoms with van der Waals surface area (Å²) < 4.78 is 5.19. The number of rotatable bonds is 6. The summed E-state index contributed by atoms with van der Waals surface area (Å²) in [5, 5.41) is 14.2. The Morgan fingerprint density at radius 1 is 1.17 bits per heavy atom. The number of aromatic nitrogens is 1. The number of nitro benzene ring substituents is 1. The number of carbonyl (C=O) groups is 2. The monoisotopic (exact) mass is 407 g/mol. The lowest BCUT2D eigenvalue weighted by atomic mass is 10.0. The Kier molecular flexibility index (Phi) is 6.06. The number of benzene rings is 2. The normalized spacial score (nSPS) is 10.8. The zero-order valence-electron chi connectivity index (χ0n) is 16.8. The molecule has 0 atom stereocenters. The molecule has 3 rings (SSSR count). The van der Waals surface area contributed by atoms with Gasteiger partial charge < -0.3 is 10.1 Å². The van der Waals surface area contributed by atoms with Crippen LogP contribution in [0.3, 0.4) is 0 Å². The van der Waals surface area contributed by atoms with Gasteiger partial charge in [-0.05, 0) is 31.0 Å². The maximum absolute atomic E-state index is 12.7. The molecule has 30 heavy (non-hydrogen) atoms. The summed E-state index contributed by atoms with van der Waals surface area (Å²) in [7, 11) is 0. The minimum atomic E-state index is -0.638. The van der Waals surface area contributed by atoms with E-state index in [0.717, 1.165) is 5.69 Å². The number of carbonyl (C=O) groups excluding carboxylic acids is 2. The van der Waals surface area contributed by atoms with Crippen molar-refractivity contribution in [3.05, 3.63) is 75.5 Å². The molecule has 154 valence electrons. The third kappa shape index (κ3) is 4.60. The quantitative estimate of drug-likeness (QED) is 0.369. The fraction of sp³-hybridized carbons (Fsp3) is 0.227. The van der Waals surface area contributed by atoms with Crippen LogP contribution in [-0.4, -0.2) is 28.4 Å². The summed E-state index contributed by atoms with van der Waals surface area (Å²) in [5.41, 5.74) is 2.39. The van der Waals surface area contributed by atoms with Crippen molar-refractivity contribution < 1.29 is 19.2 Å². The molecule has 1 heterocycles. The minimum Gasteiger partial charge on any atom is -0.452 e. The summed E-state index contributed by atoms with van der Waals surface area (Å²) in [6.07, 6.45) is 0. The molecule has 0 radical (unpaired) electrons. The van der Waals surface area contributed by atoms with E-state index in [9.17, 15) is 19.7 Å². The zero-order chi connectivity index (χ0) is 21.8. The molecule has 0 saturated heterocycles. The van der Waals surface area contributed by atoms with Crippen molar-refractivity contribution in [3.8, 4) is 0 Å². The lowest BCUT2D eigenvalue weighted by Crippen LogP contribution is -2.21. The van der Waals surface area contributed by atoms with Crippen LogP contribution >= 0.6 is 0 Å². The molecule has 0 saturated carbocycles. The number of amides is 1. The first-order valence-corrected chi connectivity index (χ1v) is 9.38. The number of fused-ring (bicyclic) bond motifs is 1. The molecule has 8 heteroatoms. The zero-order valence-corrected chi connectivity index (χ0v) is 16.8. The Morgan fingerprint density at radius 3 is 2.60 bits per heavy atom. The highest BCUT2D eigenvalue weighted by atomic mass is 16.6. The molecule has 0 bridgehead atoms. The van der Waals surface area contributed by atoms with Crippen LogP contribution in [0.4, 0.5) is 11.4 Å². The van der Waals surface area contributed by atoms with Crippen molar-refractivity contribution >= 4 is 34.2 Å². The van der Waals surface area contributed by atoms with Gasteiger partial charge in [-0.25, -0.2) is 4.79 Å². The number of ether oxygens (including phenoxy) is 1. The van der Waals surface area contributed by atoms with Crippen molar-refractivity contribution in [1.29, 1.82) is 0 Å². The summed E-state index contributed by atoms with van der Waals surface area (Å²) in [5.74, 6) is -1.12. The highest BCUT2D eigenvalue weighted by Crippen LogP contribution is 2.24. The molecule has 1 N–H and O–H groups in total. The second-order valence-corrected chi connectivity index (χ2v) is 7.15. The van der Waals surface area contributed by atoms with Gasteiger partial charge in [0.25, 0.3) is 11.6 Å². The van der Waals surface area contributed by atoms with Crippen LogP contribution in [0, 0.1) is 17.0 Å². The van der Waals surface area contributed by atoms with E-state index >= 15 is 0 Å². The molecule has 1 aromatic heterocycles. The van der Waals surface area contributed by atoms with Gasteiger partial charge >= 0.3 is 5.97 Å². The number of hydrogen-bond acceptors (Lipinski definition) is 6. The summed E-state index contributed by atoms with van der Waals surface area (Å²) in [6.45, 7) is 5.03. The Balaban J connectivity index is 1.74. The molecular weight excluding hydrogens is 386 g/mol. The first-order chi connectivity index (χ1) is 14.3. The van der Waals surface area contributed by atoms with E-state index in [1.165, 1.54) is 12.1 Å². The number of para-hydroxylation sites is 1. The van der Waals surface area contributed by atoms with E-state index in [-0.39, 0.29) is 17.3 Å². The van der Waals surface area contributed by atoms with Crippen LogP contribution in [-0.2, 0) is 9.53 Å². The summed E-state index contributed by atoms with van der Waals surface area (Å²) in [4.78, 5) is 39.9. The van der Waals surface area contributed by atoms with Gasteiger partial charge in [0, 0.05) is 28.4 Å². The van der Waals surface area contributed by atoms with Gasteiger partial charge in [-0.15, -0.1) is 0 Å². The molecule has 0 unspecified atom stereocenters. The highest BCUT2D eigenvalue weighted by molar-refractivity contribution is 6.04. The molecule has 0 aliphatic rings. The fourth-order valence-electron chi connectivity index (χ4n) is 2.95. The van der Waals surface area contributed by atoms with E-state index in [0.29, 0.717) is 22.0 Å². The van der Waals surface area contributed by atoms with Crippen molar-refractivity contribution in [1.82, 2.24) is 4.98 Å². The van der Waals surface area contributed by atoms with Crippen LogP contribution in [0.5, 0.6) is 0 Å². The number of nitrogens with one attached hydrogen (secondary N) is 1. The Labute approximate surface area is 173 Å². The second-order valence-electron chi connectivity index (χ2n) is 7.15. The Morgan fingerprint density at radius 2 is 1.90 bits per heavy atom. The predicted molar refractivity (Wildman–Crippen MR) is 113 cm³/mol. The second kappa shape index (κ2) is 8.69. The molecule has 0 aliphatic carbocycles. The number of nitrogens with zero attached hydrogens (tertiary/aromatic N) is 2. The van der Waals surface area contributed by atoms with Gasteiger partial charge in [-0.2, -0.15) is 0 Å². The van der Waals surface area contributed by atoms with Crippen molar-refractivity contribution in [3.63, 3.8) is 0 Å². The van der Waals surface area contributed by atoms with Gasteiger partial charge in [0.05, 0.1) is 16.0 Å². The molecule has 2 aromatic carbocycles. The van der Waals surface area contributed by atoms with E-state index in [4.69, 9.17) is 4.74 Å². The van der Waals surface area contributed by atoms with E-state index in [2.05, 4.69) is 10.3 Å². The average molecular weight is 407 g/mol. The van der Waals surface area contributed by atoms with Gasteiger partial charge in [0.1, 0.15) is 0 Å². The first-order valence-electron chi connectivity index (χ1n) is 9.38. The number of esters is 1. The number of hydrogen-bond donors (Lipinski definition) is 1. The average Bonchev–Trinajstić information content (AvgIpc) is 2.72. The van der Waals surface area contributed by atoms with Gasteiger partial charge in [0.15, 0.2) is 6.61 Å². The molecular formula is C22H21N3O5. The van der Waals surface area contributed by atoms with Gasteiger partial charge in [-0.1, -0.05) is 38.1 Å². The van der Waals surface area contributed by atoms with Crippen LogP contribution in [0.1, 0.15) is 41.4 Å². The summed E-state index contributed by atoms with van der Waals surface area (Å²) in [6, 6.07) is 13.2. The van der Waals surface area contributed by atoms with Crippen LogP contribution < -0.4 is 5.32 Å². The van der Waals surface area contributed by atoms with Gasteiger partial charge in [0.2, 0.25) is 0 Å². The van der Waals surface area contributed by atoms with Crippen molar-refractivity contribution in [2.24, 2.45) is 0 Å². The number of aryl methyl sites for hydroxylation is 1. The van der Waals surface area contributed by atoms with Crippen LogP contribution in [0.25, 0.3) is 10.9 Å². The molecule has 0 fully saturated rings. The molecule has 3 aromatic rings. The van der Waals surface area contributed by atoms with Crippen molar-refractivity contribution in [2.75, 3.05) is 11.9 Å². The third-order valence-corrected chi connectivity index (χ3v) is 4.57. The molecule has 1 amide bonds. The van der Waals surface area contributed by atoms with E-state index in [1.807, 2.05) is 26.0 Å². The van der Waals surface area contributed by atoms with E-state index < -0.39 is 23.4 Å². The largest absolute Gasteiger partial charge is 0.452 e. The number of nitro groups is 1. The van der Waals surface area contributed by atoms with E-state index in [1.54, 1.807) is 31.2 Å². The molecule has 8 nitrogen and oxygen atoms in total. The third-order valence-electron chi connectivity index (χ3n) is 4.57. The topological polar surface area (TPSA) is 111 Å². The molecule has 0 aliphatic heterocycles. The number of pyridine rings is 1. The van der Waals surface area contributed by atoms with Crippen LogP contribution in [0.15, 0.2) is 48.5 Å². The fourth-order valence-corrected chi connectivity index (χ4v) is 2.95. The molecule has 0 spiro atoms. The lowest BCUT2D eigenvalue weighted by Gasteiger charge is -2.12. The maximum atomic E-state index is 12.7. The smallest absolute Gasteiger partial charge is 0.339 e. The maximum Gasteiger partial charge on any atom is 0.339 e. The van der Waals surface area contributed by atoms with Crippen LogP contribution in [0.2, 0.25) is 0 Å². The van der Waals surface area contributed by atoms with Crippen molar-refractivity contribution in [2.45, 2.75) is 26.7 Å². The lowest BCUT2D eigenvalue weighted by molar-refractivity contribution is -0.385. The SMILES string of the molecule is Cc1ccc(NC(=O)COC(=O)c2cc(C(C)C)nc3ccccc23)cc1[N+](=O)[O-]. The summed E-state index contributed by atoms with van der Waals surface area (Å²) >= 11 is 0. The standard InChI is InChI=1S/C22H21N3O5/c1-13(2)19-11-17(16-6-4-5-7-18(16)24-19)22(27)30-12-21(26)23-15-9-8-14(3)20(10-15)25(28)29/h4-11,13H,12H2,1-3H3,(H,23,26). The Bertz CT molecular complexity index is 1140. The highest BCUT2D eigenvalue weighted by Gasteiger charge is 2.18. The predicted octanol–water partition coefficient (Wildman–Crippen LogP) is 4.37. The number of anilines is 1.